The van der Waals surface area contributed by atoms with Crippen LogP contribution in [-0.4, -0.2) is 48.1 Å². The number of rotatable bonds is 7. The first-order valence-corrected chi connectivity index (χ1v) is 14.1. The summed E-state index contributed by atoms with van der Waals surface area (Å²) < 4.78 is 75.3. The number of halogens is 4. The summed E-state index contributed by atoms with van der Waals surface area (Å²) >= 11 is 0. The molecule has 2 aliphatic heterocycles. The first-order valence-electron chi connectivity index (χ1n) is 14.1. The number of carbonyl (C=O) groups is 1. The number of carbonyl (C=O) groups excluding carboxylic acids is 1. The Labute approximate surface area is 244 Å². The molecule has 1 fully saturated rings. The minimum atomic E-state index is -4.50. The lowest BCUT2D eigenvalue weighted by Crippen LogP contribution is -2.46. The molecule has 1 atom stereocenters. The van der Waals surface area contributed by atoms with Crippen LogP contribution < -0.4 is 0 Å². The van der Waals surface area contributed by atoms with E-state index in [2.05, 4.69) is 15.1 Å². The molecule has 0 amide bonds. The summed E-state index contributed by atoms with van der Waals surface area (Å²) in [4.78, 5) is 22.2. The van der Waals surface area contributed by atoms with Crippen LogP contribution in [0.25, 0.3) is 5.78 Å². The van der Waals surface area contributed by atoms with Crippen LogP contribution in [0.5, 0.6) is 0 Å². The highest BCUT2D eigenvalue weighted by molar-refractivity contribution is 5.90. The van der Waals surface area contributed by atoms with E-state index in [1.807, 2.05) is 19.9 Å². The lowest BCUT2D eigenvalue weighted by atomic mass is 9.76. The smallest absolute Gasteiger partial charge is 0.342 e. The molecule has 6 rings (SSSR count). The highest BCUT2D eigenvalue weighted by Gasteiger charge is 2.59. The highest BCUT2D eigenvalue weighted by atomic mass is 19.3. The summed E-state index contributed by atoms with van der Waals surface area (Å²) in [6, 6.07) is 1.85. The number of esters is 1. The van der Waals surface area contributed by atoms with Gasteiger partial charge in [0.1, 0.15) is 29.6 Å². The molecule has 0 bridgehead atoms. The van der Waals surface area contributed by atoms with Gasteiger partial charge in [-0.25, -0.2) is 14.3 Å². The Morgan fingerprint density at radius 2 is 1.88 bits per heavy atom. The van der Waals surface area contributed by atoms with Crippen molar-refractivity contribution < 1.29 is 41.7 Å². The van der Waals surface area contributed by atoms with Gasteiger partial charge in [0.2, 0.25) is 0 Å². The number of alkyl halides is 4. The van der Waals surface area contributed by atoms with E-state index in [1.165, 1.54) is 6.26 Å². The molecule has 13 heteroatoms. The number of hydrogen-bond acceptors (Lipinski definition) is 8. The molecule has 2 aromatic heterocycles. The summed E-state index contributed by atoms with van der Waals surface area (Å²) in [6.45, 7) is 3.70. The van der Waals surface area contributed by atoms with Crippen molar-refractivity contribution in [1.82, 2.24) is 19.6 Å². The second kappa shape index (κ2) is 10.5. The number of ether oxygens (including phenoxy) is 3. The number of nitrogens with zero attached hydrogens (tertiary/aromatic N) is 4. The van der Waals surface area contributed by atoms with E-state index in [9.17, 15) is 27.5 Å². The molecule has 228 valence electrons. The van der Waals surface area contributed by atoms with Crippen LogP contribution in [0.2, 0.25) is 0 Å². The summed E-state index contributed by atoms with van der Waals surface area (Å²) in [5, 5.41) is 15.6. The number of cyclic esters (lactones) is 1. The van der Waals surface area contributed by atoms with Crippen molar-refractivity contribution >= 4 is 11.7 Å². The van der Waals surface area contributed by atoms with E-state index in [0.717, 1.165) is 55.5 Å². The van der Waals surface area contributed by atoms with Crippen molar-refractivity contribution in [3.63, 3.8) is 0 Å². The molecular weight excluding hydrogens is 572 g/mol. The summed E-state index contributed by atoms with van der Waals surface area (Å²) in [5.41, 5.74) is -0.445. The second-order valence-corrected chi connectivity index (χ2v) is 11.4. The number of fused-ring (bicyclic) bond motifs is 1. The fraction of sp³-hybridized carbons (Fsp3) is 0.467. The number of aromatic nitrogens is 4. The summed E-state index contributed by atoms with van der Waals surface area (Å²) in [5.74, 6) is -9.51. The van der Waals surface area contributed by atoms with Gasteiger partial charge in [-0.3, -0.25) is 0 Å². The second-order valence-electron chi connectivity index (χ2n) is 11.4. The molecule has 0 radical (unpaired) electrons. The average Bonchev–Trinajstić information content (AvgIpc) is 3.62. The Morgan fingerprint density at radius 1 is 1.12 bits per heavy atom. The Kier molecular flexibility index (Phi) is 7.09. The van der Waals surface area contributed by atoms with Crippen LogP contribution >= 0.6 is 0 Å². The molecule has 4 aliphatic rings. The van der Waals surface area contributed by atoms with Gasteiger partial charge < -0.3 is 19.3 Å². The van der Waals surface area contributed by atoms with Gasteiger partial charge in [0.05, 0.1) is 11.1 Å². The molecule has 43 heavy (non-hydrogen) atoms. The first-order chi connectivity index (χ1) is 20.4. The maximum atomic E-state index is 14.5. The molecule has 2 aliphatic carbocycles. The Balaban J connectivity index is 1.20. The fourth-order valence-corrected chi connectivity index (χ4v) is 6.24. The monoisotopic (exact) mass is 602 g/mol. The van der Waals surface area contributed by atoms with Crippen molar-refractivity contribution in [2.75, 3.05) is 0 Å². The number of aliphatic hydroxyl groups is 1. The van der Waals surface area contributed by atoms with Crippen molar-refractivity contribution in [3.8, 4) is 0 Å². The van der Waals surface area contributed by atoms with Gasteiger partial charge in [-0.1, -0.05) is 18.9 Å². The molecule has 0 aromatic carbocycles. The standard InChI is InChI=1S/C30H30F4N4O5/c1-17-12-18(2)38-27(35-17)36-25(37-38)13-21-23(39)14-28(43-26(21)40,19-6-3-4-7-19)11-9-20-15-41-16-24(42-20)22-8-5-10-29(31,32)30(22,33)34/h5,8,10,12,15-16,19,39H,3-4,6-7,9,11,13-14H2,1-2H3. The lowest BCUT2D eigenvalue weighted by molar-refractivity contribution is -0.167. The zero-order chi connectivity index (χ0) is 30.6. The maximum absolute atomic E-state index is 14.5. The molecule has 0 spiro atoms. The predicted octanol–water partition coefficient (Wildman–Crippen LogP) is 6.25. The van der Waals surface area contributed by atoms with Gasteiger partial charge >= 0.3 is 17.8 Å². The SMILES string of the molecule is Cc1cc(C)n2nc(CC3=C(O)CC(CCC4=COC=C(C5=CC=CC(F)(F)C5(F)F)O4)(C4CCCC4)OC3=O)nc2n1. The van der Waals surface area contributed by atoms with Gasteiger partial charge in [0, 0.05) is 30.7 Å². The van der Waals surface area contributed by atoms with Crippen LogP contribution in [0, 0.1) is 19.8 Å². The highest BCUT2D eigenvalue weighted by Crippen LogP contribution is 2.49. The third kappa shape index (κ3) is 5.18. The maximum Gasteiger partial charge on any atom is 0.342 e. The normalized spacial score (nSPS) is 25.2. The minimum absolute atomic E-state index is 0.0412. The van der Waals surface area contributed by atoms with Gasteiger partial charge in [0.25, 0.3) is 5.78 Å². The van der Waals surface area contributed by atoms with E-state index in [-0.39, 0.29) is 54.8 Å². The average molecular weight is 603 g/mol. The van der Waals surface area contributed by atoms with Crippen LogP contribution in [-0.2, 0) is 25.4 Å². The molecule has 1 saturated carbocycles. The van der Waals surface area contributed by atoms with Crippen molar-refractivity contribution in [1.29, 1.82) is 0 Å². The van der Waals surface area contributed by atoms with E-state index in [0.29, 0.717) is 11.6 Å². The van der Waals surface area contributed by atoms with Crippen LogP contribution in [0.1, 0.15) is 62.2 Å². The Morgan fingerprint density at radius 3 is 2.63 bits per heavy atom. The summed E-state index contributed by atoms with van der Waals surface area (Å²) in [7, 11) is 0. The fourth-order valence-electron chi connectivity index (χ4n) is 6.24. The number of allylic oxidation sites excluding steroid dienone is 5. The Hall–Kier alpha value is -4.16. The van der Waals surface area contributed by atoms with Crippen LogP contribution in [0.4, 0.5) is 17.6 Å². The zero-order valence-electron chi connectivity index (χ0n) is 23.6. The molecule has 1 N–H and O–H groups in total. The molecular formula is C30H30F4N4O5. The third-order valence-corrected chi connectivity index (χ3v) is 8.45. The third-order valence-electron chi connectivity index (χ3n) is 8.45. The van der Waals surface area contributed by atoms with E-state index < -0.39 is 34.7 Å². The quantitative estimate of drug-likeness (QED) is 0.293. The first kappa shape index (κ1) is 28.9. The number of aryl methyl sites for hydroxylation is 2. The van der Waals surface area contributed by atoms with E-state index in [1.54, 1.807) is 4.52 Å². The van der Waals surface area contributed by atoms with Gasteiger partial charge in [0.15, 0.2) is 11.6 Å². The van der Waals surface area contributed by atoms with Crippen molar-refractivity contribution in [2.24, 2.45) is 5.92 Å². The van der Waals surface area contributed by atoms with E-state index in [4.69, 9.17) is 14.2 Å². The topological polar surface area (TPSA) is 108 Å². The molecule has 4 heterocycles. The largest absolute Gasteiger partial charge is 0.512 e. The zero-order valence-corrected chi connectivity index (χ0v) is 23.6. The van der Waals surface area contributed by atoms with Crippen LogP contribution in [0.3, 0.4) is 0 Å². The van der Waals surface area contributed by atoms with Gasteiger partial charge in [-0.15, -0.1) is 5.10 Å². The number of aliphatic hydroxyl groups excluding tert-OH is 1. The molecule has 2 aromatic rings. The van der Waals surface area contributed by atoms with Crippen molar-refractivity contribution in [3.05, 3.63) is 82.5 Å². The van der Waals surface area contributed by atoms with Gasteiger partial charge in [-0.2, -0.15) is 22.5 Å². The van der Waals surface area contributed by atoms with Crippen LogP contribution in [0.15, 0.2) is 65.2 Å². The predicted molar refractivity (Wildman–Crippen MR) is 144 cm³/mol. The number of hydrogen-bond donors (Lipinski definition) is 1. The Bertz CT molecular complexity index is 1630. The molecule has 0 saturated heterocycles. The van der Waals surface area contributed by atoms with E-state index >= 15 is 0 Å². The minimum Gasteiger partial charge on any atom is -0.512 e. The molecule has 9 nitrogen and oxygen atoms in total. The van der Waals surface area contributed by atoms with Crippen molar-refractivity contribution in [2.45, 2.75) is 82.7 Å². The molecule has 1 unspecified atom stereocenters. The lowest BCUT2D eigenvalue weighted by Gasteiger charge is -2.42. The summed E-state index contributed by atoms with van der Waals surface area (Å²) in [6.07, 6.45) is 7.54. The van der Waals surface area contributed by atoms with Gasteiger partial charge in [-0.05, 0) is 57.2 Å².